The Hall–Kier alpha value is -2.01. The van der Waals surface area contributed by atoms with Gasteiger partial charge < -0.3 is 0 Å². The molecule has 0 unspecified atom stereocenters. The van der Waals surface area contributed by atoms with E-state index in [9.17, 15) is 0 Å². The molecule has 0 bridgehead atoms. The second kappa shape index (κ2) is 7.48. The first-order chi connectivity index (χ1) is 12.3. The molecule has 25 heavy (non-hydrogen) atoms. The maximum absolute atomic E-state index is 5.07. The Morgan fingerprint density at radius 3 is 1.80 bits per heavy atom. The van der Waals surface area contributed by atoms with Crippen LogP contribution in [0, 0.1) is 0 Å². The molecule has 0 aliphatic rings. The summed E-state index contributed by atoms with van der Waals surface area (Å²) >= 11 is 7.11. The van der Waals surface area contributed by atoms with Gasteiger partial charge in [0.05, 0.1) is 21.2 Å². The van der Waals surface area contributed by atoms with E-state index in [0.29, 0.717) is 0 Å². The van der Waals surface area contributed by atoms with Crippen LogP contribution in [0.4, 0.5) is 5.69 Å². The fraction of sp³-hybridized carbons (Fsp3) is 0. The molecule has 0 N–H and O–H groups in total. The average molecular weight is 424 g/mol. The predicted octanol–water partition coefficient (Wildman–Crippen LogP) is 7.41. The average Bonchev–Trinajstić information content (AvgIpc) is 3.29. The van der Waals surface area contributed by atoms with Gasteiger partial charge in [0.25, 0.3) is 0 Å². The van der Waals surface area contributed by atoms with E-state index < -0.39 is 0 Å². The summed E-state index contributed by atoms with van der Waals surface area (Å²) in [5.74, 6) is 0. The first kappa shape index (κ1) is 16.5. The Morgan fingerprint density at radius 1 is 0.680 bits per heavy atom. The Bertz CT molecular complexity index is 959. The van der Waals surface area contributed by atoms with Crippen LogP contribution < -0.4 is 0 Å². The summed E-state index contributed by atoms with van der Waals surface area (Å²) in [5, 5.41) is 4.20. The minimum absolute atomic E-state index is 0.994. The minimum atomic E-state index is 0.994. The highest BCUT2D eigenvalue weighted by Crippen LogP contribution is 2.43. The Morgan fingerprint density at radius 2 is 1.24 bits per heavy atom. The molecule has 4 heteroatoms. The van der Waals surface area contributed by atoms with E-state index in [2.05, 4.69) is 87.4 Å². The lowest BCUT2D eigenvalue weighted by Crippen LogP contribution is -2.02. The third kappa shape index (κ3) is 3.52. The van der Waals surface area contributed by atoms with E-state index in [-0.39, 0.29) is 0 Å². The zero-order chi connectivity index (χ0) is 17.1. The third-order valence-corrected chi connectivity index (χ3v) is 6.70. The van der Waals surface area contributed by atoms with Gasteiger partial charge in [-0.05, 0) is 38.8 Å². The molecule has 0 spiro atoms. The van der Waals surface area contributed by atoms with Crippen LogP contribution in [-0.2, 0) is 0 Å². The molecule has 4 rings (SSSR count). The fourth-order valence-electron chi connectivity index (χ4n) is 2.62. The van der Waals surface area contributed by atoms with Crippen LogP contribution in [0.1, 0.15) is 11.1 Å². The molecule has 0 amide bonds. The molecule has 0 atom stereocenters. The summed E-state index contributed by atoms with van der Waals surface area (Å²) in [5.41, 5.74) is 4.25. The first-order valence-corrected chi connectivity index (χ1v) is 10.4. The lowest BCUT2D eigenvalue weighted by molar-refractivity contribution is 1.50. The van der Waals surface area contributed by atoms with Gasteiger partial charge in [-0.2, -0.15) is 0 Å². The van der Waals surface area contributed by atoms with Gasteiger partial charge >= 0.3 is 0 Å². The number of nitrogens with zero attached hydrogens (tertiary/aromatic N) is 1. The van der Waals surface area contributed by atoms with E-state index >= 15 is 0 Å². The van der Waals surface area contributed by atoms with E-state index in [0.717, 1.165) is 27.0 Å². The molecule has 0 fully saturated rings. The molecular formula is C21H14BrNS2. The molecule has 0 aliphatic heterocycles. The molecule has 2 aromatic heterocycles. The summed E-state index contributed by atoms with van der Waals surface area (Å²) in [6.45, 7) is 0. The number of thiophene rings is 2. The number of rotatable bonds is 4. The second-order valence-electron chi connectivity index (χ2n) is 5.43. The molecule has 1 nitrogen and oxygen atoms in total. The van der Waals surface area contributed by atoms with Crippen LogP contribution in [0.3, 0.4) is 0 Å². The third-order valence-electron chi connectivity index (χ3n) is 3.79. The molecule has 0 saturated heterocycles. The highest BCUT2D eigenvalue weighted by atomic mass is 79.9. The molecule has 122 valence electrons. The van der Waals surface area contributed by atoms with E-state index in [4.69, 9.17) is 4.99 Å². The highest BCUT2D eigenvalue weighted by Gasteiger charge is 2.13. The van der Waals surface area contributed by atoms with Gasteiger partial charge in [0, 0.05) is 15.6 Å². The number of hydrogen-bond acceptors (Lipinski definition) is 3. The highest BCUT2D eigenvalue weighted by molar-refractivity contribution is 9.10. The van der Waals surface area contributed by atoms with Crippen LogP contribution in [0.2, 0.25) is 0 Å². The summed E-state index contributed by atoms with van der Waals surface area (Å²) < 4.78 is 1.12. The van der Waals surface area contributed by atoms with Crippen molar-refractivity contribution in [2.75, 3.05) is 0 Å². The first-order valence-electron chi connectivity index (χ1n) is 7.83. The van der Waals surface area contributed by atoms with Crippen molar-refractivity contribution < 1.29 is 0 Å². The van der Waals surface area contributed by atoms with Crippen molar-refractivity contribution in [1.29, 1.82) is 0 Å². The van der Waals surface area contributed by atoms with Crippen molar-refractivity contribution in [3.63, 3.8) is 0 Å². The Kier molecular flexibility index (Phi) is 4.92. The van der Waals surface area contributed by atoms with Crippen LogP contribution in [0.5, 0.6) is 0 Å². The lowest BCUT2D eigenvalue weighted by atomic mass is 10.0. The molecule has 0 aliphatic carbocycles. The predicted molar refractivity (Wildman–Crippen MR) is 114 cm³/mol. The fourth-order valence-corrected chi connectivity index (χ4v) is 5.35. The van der Waals surface area contributed by atoms with E-state index in [1.165, 1.54) is 9.75 Å². The quantitative estimate of drug-likeness (QED) is 0.303. The van der Waals surface area contributed by atoms with Gasteiger partial charge in [-0.25, -0.2) is 4.99 Å². The molecular weight excluding hydrogens is 410 g/mol. The van der Waals surface area contributed by atoms with Crippen molar-refractivity contribution >= 4 is 50.0 Å². The molecule has 0 saturated carbocycles. The lowest BCUT2D eigenvalue weighted by Gasteiger charge is -2.08. The largest absolute Gasteiger partial charge is 0.246 e. The van der Waals surface area contributed by atoms with Crippen molar-refractivity contribution in [2.45, 2.75) is 0 Å². The van der Waals surface area contributed by atoms with Gasteiger partial charge in [0.2, 0.25) is 0 Å². The number of benzene rings is 2. The second-order valence-corrected chi connectivity index (χ2v) is 8.11. The van der Waals surface area contributed by atoms with Gasteiger partial charge in [0.1, 0.15) is 0 Å². The zero-order valence-corrected chi connectivity index (χ0v) is 16.4. The molecule has 2 aromatic carbocycles. The molecule has 0 radical (unpaired) electrons. The number of hydrogen-bond donors (Lipinski definition) is 0. The van der Waals surface area contributed by atoms with Crippen molar-refractivity contribution in [2.24, 2.45) is 4.99 Å². The summed E-state index contributed by atoms with van der Waals surface area (Å²) in [6, 6.07) is 24.9. The Labute approximate surface area is 163 Å². The van der Waals surface area contributed by atoms with Gasteiger partial charge in [0.15, 0.2) is 0 Å². The van der Waals surface area contributed by atoms with Crippen LogP contribution in [0.25, 0.3) is 9.75 Å². The van der Waals surface area contributed by atoms with Crippen LogP contribution in [0.15, 0.2) is 93.0 Å². The van der Waals surface area contributed by atoms with Gasteiger partial charge in [-0.3, -0.25) is 0 Å². The topological polar surface area (TPSA) is 12.4 Å². The summed E-state index contributed by atoms with van der Waals surface area (Å²) in [7, 11) is 0. The van der Waals surface area contributed by atoms with Crippen molar-refractivity contribution in [3.8, 4) is 9.75 Å². The standard InChI is InChI=1S/C21H14BrNS2/c22-17-11-13-24-20(17)21-18(12-14-25-21)23-19(15-7-3-1-4-8-15)16-9-5-2-6-10-16/h1-14H. The maximum Gasteiger partial charge on any atom is 0.0832 e. The smallest absolute Gasteiger partial charge is 0.0832 e. The van der Waals surface area contributed by atoms with Crippen LogP contribution >= 0.6 is 38.6 Å². The van der Waals surface area contributed by atoms with E-state index in [1.807, 2.05) is 12.1 Å². The normalized spacial score (nSPS) is 10.6. The van der Waals surface area contributed by atoms with Crippen molar-refractivity contribution in [3.05, 3.63) is 99.2 Å². The van der Waals surface area contributed by atoms with Crippen LogP contribution in [-0.4, -0.2) is 5.71 Å². The number of aliphatic imine (C=N–C) groups is 1. The molecule has 2 heterocycles. The van der Waals surface area contributed by atoms with E-state index in [1.54, 1.807) is 22.7 Å². The zero-order valence-electron chi connectivity index (χ0n) is 13.2. The number of halogens is 1. The van der Waals surface area contributed by atoms with Gasteiger partial charge in [-0.1, -0.05) is 60.7 Å². The molecule has 4 aromatic rings. The Balaban J connectivity index is 1.87. The minimum Gasteiger partial charge on any atom is -0.246 e. The summed E-state index contributed by atoms with van der Waals surface area (Å²) in [4.78, 5) is 7.50. The van der Waals surface area contributed by atoms with Gasteiger partial charge in [-0.15, -0.1) is 22.7 Å². The van der Waals surface area contributed by atoms with Crippen molar-refractivity contribution in [1.82, 2.24) is 0 Å². The maximum atomic E-state index is 5.07. The SMILES string of the molecule is Brc1ccsc1-c1sccc1N=C(c1ccccc1)c1ccccc1. The monoisotopic (exact) mass is 423 g/mol. The summed E-state index contributed by atoms with van der Waals surface area (Å²) in [6.07, 6.45) is 0.